The molecule has 108 valence electrons. The number of hydrogen-bond donors (Lipinski definition) is 1. The van der Waals surface area contributed by atoms with E-state index < -0.39 is 10.0 Å². The van der Waals surface area contributed by atoms with Crippen LogP contribution in [0.15, 0.2) is 29.2 Å². The summed E-state index contributed by atoms with van der Waals surface area (Å²) < 4.78 is 36.3. The Kier molecular flexibility index (Phi) is 7.33. The van der Waals surface area contributed by atoms with Crippen LogP contribution in [0.1, 0.15) is 6.42 Å². The molecule has 1 aromatic rings. The van der Waals surface area contributed by atoms with Crippen LogP contribution in [0.2, 0.25) is 5.02 Å². The maximum absolute atomic E-state index is 11.9. The fourth-order valence-corrected chi connectivity index (χ4v) is 2.72. The summed E-state index contributed by atoms with van der Waals surface area (Å²) >= 11 is 5.76. The van der Waals surface area contributed by atoms with Gasteiger partial charge in [-0.25, -0.2) is 13.1 Å². The second kappa shape index (κ2) is 8.50. The molecule has 5 nitrogen and oxygen atoms in total. The Labute approximate surface area is 118 Å². The highest BCUT2D eigenvalue weighted by Gasteiger charge is 2.12. The molecule has 1 rings (SSSR count). The van der Waals surface area contributed by atoms with Crippen molar-refractivity contribution in [2.45, 2.75) is 11.3 Å². The Morgan fingerprint density at radius 2 is 2.05 bits per heavy atom. The van der Waals surface area contributed by atoms with Gasteiger partial charge in [-0.05, 0) is 24.6 Å². The zero-order valence-electron chi connectivity index (χ0n) is 10.8. The van der Waals surface area contributed by atoms with Crippen LogP contribution in [0, 0.1) is 0 Å². The van der Waals surface area contributed by atoms with Gasteiger partial charge in [0, 0.05) is 25.3 Å². The predicted octanol–water partition coefficient (Wildman–Crippen LogP) is 1.67. The van der Waals surface area contributed by atoms with Gasteiger partial charge in [0.15, 0.2) is 0 Å². The van der Waals surface area contributed by atoms with Crippen LogP contribution in [0.4, 0.5) is 0 Å². The lowest BCUT2D eigenvalue weighted by atomic mass is 10.4. The molecule has 0 aliphatic heterocycles. The summed E-state index contributed by atoms with van der Waals surface area (Å²) in [5, 5.41) is 0.394. The second-order valence-electron chi connectivity index (χ2n) is 3.81. The molecule has 0 aliphatic carbocycles. The maximum Gasteiger partial charge on any atom is 0.240 e. The average Bonchev–Trinajstić information content (AvgIpc) is 2.38. The number of nitrogens with one attached hydrogen (secondary N) is 1. The molecule has 0 spiro atoms. The normalized spacial score (nSPS) is 11.7. The first-order valence-electron chi connectivity index (χ1n) is 5.88. The standard InChI is InChI=1S/C12H18ClNO4S/c1-17-8-9-18-7-3-6-14-19(15,16)12-5-2-4-11(13)10-12/h2,4-5,10,14H,3,6-9H2,1H3. The van der Waals surface area contributed by atoms with Crippen molar-refractivity contribution in [2.24, 2.45) is 0 Å². The van der Waals surface area contributed by atoms with E-state index >= 15 is 0 Å². The maximum atomic E-state index is 11.9. The largest absolute Gasteiger partial charge is 0.382 e. The van der Waals surface area contributed by atoms with Crippen LogP contribution < -0.4 is 4.72 Å². The van der Waals surface area contributed by atoms with Gasteiger partial charge in [0.1, 0.15) is 0 Å². The highest BCUT2D eigenvalue weighted by molar-refractivity contribution is 7.89. The lowest BCUT2D eigenvalue weighted by Gasteiger charge is -2.07. The van der Waals surface area contributed by atoms with Gasteiger partial charge in [-0.1, -0.05) is 17.7 Å². The number of halogens is 1. The molecule has 0 saturated carbocycles. The van der Waals surface area contributed by atoms with Crippen LogP contribution in [0.25, 0.3) is 0 Å². The summed E-state index contributed by atoms with van der Waals surface area (Å²) in [4.78, 5) is 0.167. The number of hydrogen-bond acceptors (Lipinski definition) is 4. The van der Waals surface area contributed by atoms with Gasteiger partial charge in [0.25, 0.3) is 0 Å². The highest BCUT2D eigenvalue weighted by Crippen LogP contribution is 2.14. The van der Waals surface area contributed by atoms with E-state index in [1.807, 2.05) is 0 Å². The second-order valence-corrected chi connectivity index (χ2v) is 6.02. The first-order chi connectivity index (χ1) is 9.06. The molecule has 19 heavy (non-hydrogen) atoms. The van der Waals surface area contributed by atoms with E-state index in [-0.39, 0.29) is 4.90 Å². The topological polar surface area (TPSA) is 64.6 Å². The molecule has 1 N–H and O–H groups in total. The molecule has 0 saturated heterocycles. The Morgan fingerprint density at radius 1 is 1.26 bits per heavy atom. The van der Waals surface area contributed by atoms with Crippen LogP contribution in [0.5, 0.6) is 0 Å². The van der Waals surface area contributed by atoms with E-state index in [2.05, 4.69) is 4.72 Å². The molecular weight excluding hydrogens is 290 g/mol. The highest BCUT2D eigenvalue weighted by atomic mass is 35.5. The third kappa shape index (κ3) is 6.35. The summed E-state index contributed by atoms with van der Waals surface area (Å²) in [6.07, 6.45) is 0.601. The molecule has 0 aliphatic rings. The Hall–Kier alpha value is -0.660. The molecule has 0 amide bonds. The number of rotatable bonds is 9. The van der Waals surface area contributed by atoms with E-state index in [9.17, 15) is 8.42 Å². The summed E-state index contributed by atoms with van der Waals surface area (Å²) in [5.74, 6) is 0. The average molecular weight is 308 g/mol. The van der Waals surface area contributed by atoms with Gasteiger partial charge in [0.2, 0.25) is 10.0 Å². The summed E-state index contributed by atoms with van der Waals surface area (Å²) in [6, 6.07) is 6.15. The van der Waals surface area contributed by atoms with E-state index in [0.717, 1.165) is 0 Å². The van der Waals surface area contributed by atoms with Crippen molar-refractivity contribution in [1.82, 2.24) is 4.72 Å². The number of benzene rings is 1. The molecule has 0 aromatic heterocycles. The molecule has 0 atom stereocenters. The van der Waals surface area contributed by atoms with E-state index in [1.54, 1.807) is 19.2 Å². The molecule has 0 bridgehead atoms. The first kappa shape index (κ1) is 16.4. The van der Waals surface area contributed by atoms with Crippen LogP contribution in [-0.2, 0) is 19.5 Å². The predicted molar refractivity (Wildman–Crippen MR) is 74.0 cm³/mol. The SMILES string of the molecule is COCCOCCCNS(=O)(=O)c1cccc(Cl)c1. The quantitative estimate of drug-likeness (QED) is 0.705. The van der Waals surface area contributed by atoms with E-state index in [0.29, 0.717) is 37.8 Å². The van der Waals surface area contributed by atoms with Gasteiger partial charge >= 0.3 is 0 Å². The van der Waals surface area contributed by atoms with Crippen molar-refractivity contribution in [3.63, 3.8) is 0 Å². The molecule has 0 radical (unpaired) electrons. The Balaban J connectivity index is 2.32. The Bertz CT molecular complexity index is 478. The van der Waals surface area contributed by atoms with Gasteiger partial charge < -0.3 is 9.47 Å². The number of sulfonamides is 1. The molecule has 0 fully saturated rings. The fourth-order valence-electron chi connectivity index (χ4n) is 1.34. The van der Waals surface area contributed by atoms with Crippen LogP contribution >= 0.6 is 11.6 Å². The molecule has 7 heteroatoms. The zero-order valence-corrected chi connectivity index (χ0v) is 12.3. The minimum atomic E-state index is -3.49. The minimum absolute atomic E-state index is 0.167. The molecular formula is C12H18ClNO4S. The molecule has 0 unspecified atom stereocenters. The van der Waals surface area contributed by atoms with Crippen molar-refractivity contribution in [1.29, 1.82) is 0 Å². The van der Waals surface area contributed by atoms with Crippen LogP contribution in [0.3, 0.4) is 0 Å². The van der Waals surface area contributed by atoms with Crippen molar-refractivity contribution in [3.8, 4) is 0 Å². The first-order valence-corrected chi connectivity index (χ1v) is 7.74. The van der Waals surface area contributed by atoms with Gasteiger partial charge in [-0.15, -0.1) is 0 Å². The lowest BCUT2D eigenvalue weighted by Crippen LogP contribution is -2.25. The van der Waals surface area contributed by atoms with Crippen molar-refractivity contribution in [3.05, 3.63) is 29.3 Å². The minimum Gasteiger partial charge on any atom is -0.382 e. The van der Waals surface area contributed by atoms with Gasteiger partial charge in [-0.2, -0.15) is 0 Å². The van der Waals surface area contributed by atoms with Gasteiger partial charge in [0.05, 0.1) is 18.1 Å². The Morgan fingerprint density at radius 3 is 2.74 bits per heavy atom. The van der Waals surface area contributed by atoms with E-state index in [4.69, 9.17) is 21.1 Å². The number of ether oxygens (including phenoxy) is 2. The fraction of sp³-hybridized carbons (Fsp3) is 0.500. The summed E-state index contributed by atoms with van der Waals surface area (Å²) in [7, 11) is -1.90. The lowest BCUT2D eigenvalue weighted by molar-refractivity contribution is 0.0699. The molecule has 0 heterocycles. The number of methoxy groups -OCH3 is 1. The van der Waals surface area contributed by atoms with Crippen LogP contribution in [-0.4, -0.2) is 41.9 Å². The summed E-state index contributed by atoms with van der Waals surface area (Å²) in [5.41, 5.74) is 0. The smallest absolute Gasteiger partial charge is 0.240 e. The third-order valence-corrected chi connectivity index (χ3v) is 3.99. The van der Waals surface area contributed by atoms with Gasteiger partial charge in [-0.3, -0.25) is 0 Å². The third-order valence-electron chi connectivity index (χ3n) is 2.30. The molecule has 1 aromatic carbocycles. The van der Waals surface area contributed by atoms with Crippen molar-refractivity contribution in [2.75, 3.05) is 33.5 Å². The van der Waals surface area contributed by atoms with E-state index in [1.165, 1.54) is 12.1 Å². The van der Waals surface area contributed by atoms with Crippen molar-refractivity contribution >= 4 is 21.6 Å². The zero-order chi connectivity index (χ0) is 14.1. The monoisotopic (exact) mass is 307 g/mol. The summed E-state index contributed by atoms with van der Waals surface area (Å²) in [6.45, 7) is 1.86. The van der Waals surface area contributed by atoms with Crippen molar-refractivity contribution < 1.29 is 17.9 Å².